The maximum absolute atomic E-state index is 12.3. The fraction of sp³-hybridized carbons (Fsp3) is 0.158. The van der Waals surface area contributed by atoms with E-state index in [9.17, 15) is 19.7 Å². The van der Waals surface area contributed by atoms with Crippen LogP contribution in [0.4, 0.5) is 17.1 Å². The molecular weight excluding hydrogens is 479 g/mol. The lowest BCUT2D eigenvalue weighted by molar-refractivity contribution is -0.384. The van der Waals surface area contributed by atoms with Gasteiger partial charge in [-0.05, 0) is 18.2 Å². The number of hydrogen-bond donors (Lipinski definition) is 2. The molecule has 2 amide bonds. The van der Waals surface area contributed by atoms with Gasteiger partial charge in [-0.3, -0.25) is 19.7 Å². The number of halogens is 2. The van der Waals surface area contributed by atoms with Gasteiger partial charge in [-0.1, -0.05) is 47.1 Å². The number of nitro groups is 1. The quantitative estimate of drug-likeness (QED) is 0.275. The summed E-state index contributed by atoms with van der Waals surface area (Å²) in [6.07, 6.45) is -0.0369. The maximum atomic E-state index is 12.3. The van der Waals surface area contributed by atoms with E-state index in [0.717, 1.165) is 11.8 Å². The van der Waals surface area contributed by atoms with Crippen molar-refractivity contribution < 1.29 is 14.5 Å². The summed E-state index contributed by atoms with van der Waals surface area (Å²) in [5, 5.41) is 25.2. The van der Waals surface area contributed by atoms with Gasteiger partial charge in [0.15, 0.2) is 5.16 Å². The van der Waals surface area contributed by atoms with Crippen molar-refractivity contribution in [3.05, 3.63) is 68.4 Å². The first-order chi connectivity index (χ1) is 15.2. The second-order valence-corrected chi connectivity index (χ2v) is 8.18. The first-order valence-electron chi connectivity index (χ1n) is 9.04. The molecule has 0 saturated heterocycles. The van der Waals surface area contributed by atoms with E-state index in [1.165, 1.54) is 18.2 Å². The summed E-state index contributed by atoms with van der Waals surface area (Å²) >= 11 is 13.1. The van der Waals surface area contributed by atoms with Gasteiger partial charge in [0.1, 0.15) is 5.82 Å². The van der Waals surface area contributed by atoms with Crippen molar-refractivity contribution in [3.63, 3.8) is 0 Å². The topological polar surface area (TPSA) is 132 Å². The van der Waals surface area contributed by atoms with E-state index >= 15 is 0 Å². The monoisotopic (exact) mass is 494 g/mol. The molecular formula is C19H16Cl2N6O4S. The number of benzene rings is 2. The van der Waals surface area contributed by atoms with Crippen LogP contribution in [0.1, 0.15) is 5.82 Å². The number of nitrogens with zero attached hydrogens (tertiary/aromatic N) is 4. The van der Waals surface area contributed by atoms with Crippen LogP contribution in [0.15, 0.2) is 47.6 Å². The molecule has 166 valence electrons. The standard InChI is InChI=1S/C19H16Cl2N6O4S/c1-26-16(9-17(28)22-14-5-3-2-4-12(14)20)24-25-19(26)32-10-18(29)23-15-8-11(27(30)31)6-7-13(15)21/h2-8H,9-10H2,1H3,(H,22,28)(H,23,29). The number of non-ortho nitro benzene ring substituents is 1. The SMILES string of the molecule is Cn1c(CC(=O)Nc2ccccc2Cl)nnc1SCC(=O)Nc1cc([N+](=O)[O-])ccc1Cl. The van der Waals surface area contributed by atoms with Crippen molar-refractivity contribution in [2.75, 3.05) is 16.4 Å². The average molecular weight is 495 g/mol. The normalized spacial score (nSPS) is 10.6. The van der Waals surface area contributed by atoms with Crippen molar-refractivity contribution >= 4 is 63.8 Å². The summed E-state index contributed by atoms with van der Waals surface area (Å²) in [5.41, 5.74) is 0.444. The fourth-order valence-electron chi connectivity index (χ4n) is 2.56. The number of nitrogens with one attached hydrogen (secondary N) is 2. The molecule has 3 aromatic rings. The summed E-state index contributed by atoms with van der Waals surface area (Å²) in [6, 6.07) is 10.6. The fourth-order valence-corrected chi connectivity index (χ4v) is 3.64. The molecule has 2 aromatic carbocycles. The Morgan fingerprint density at radius 1 is 1.06 bits per heavy atom. The van der Waals surface area contributed by atoms with Gasteiger partial charge >= 0.3 is 0 Å². The molecule has 0 unspecified atom stereocenters. The third-order valence-corrected chi connectivity index (χ3v) is 5.84. The molecule has 13 heteroatoms. The summed E-state index contributed by atoms with van der Waals surface area (Å²) < 4.78 is 1.60. The molecule has 0 fully saturated rings. The van der Waals surface area contributed by atoms with Crippen LogP contribution < -0.4 is 10.6 Å². The van der Waals surface area contributed by atoms with Crippen molar-refractivity contribution in [1.82, 2.24) is 14.8 Å². The van der Waals surface area contributed by atoms with Crippen molar-refractivity contribution in [2.24, 2.45) is 7.05 Å². The molecule has 0 atom stereocenters. The van der Waals surface area contributed by atoms with Crippen molar-refractivity contribution in [2.45, 2.75) is 11.6 Å². The maximum Gasteiger partial charge on any atom is 0.271 e. The minimum Gasteiger partial charge on any atom is -0.324 e. The molecule has 0 saturated carbocycles. The van der Waals surface area contributed by atoms with Crippen molar-refractivity contribution in [3.8, 4) is 0 Å². The van der Waals surface area contributed by atoms with Gasteiger partial charge in [-0.15, -0.1) is 10.2 Å². The number of hydrogen-bond acceptors (Lipinski definition) is 7. The molecule has 0 radical (unpaired) electrons. The molecule has 1 aromatic heterocycles. The zero-order valence-electron chi connectivity index (χ0n) is 16.5. The minimum atomic E-state index is -0.580. The first kappa shape index (κ1) is 23.5. The highest BCUT2D eigenvalue weighted by atomic mass is 35.5. The Morgan fingerprint density at radius 3 is 2.47 bits per heavy atom. The van der Waals surface area contributed by atoms with E-state index in [2.05, 4.69) is 20.8 Å². The Hall–Kier alpha value is -3.15. The number of thioether (sulfide) groups is 1. The second kappa shape index (κ2) is 10.4. The van der Waals surface area contributed by atoms with Crippen LogP contribution in [0.2, 0.25) is 10.0 Å². The zero-order chi connectivity index (χ0) is 23.3. The molecule has 0 spiro atoms. The number of nitro benzene ring substituents is 1. The Balaban J connectivity index is 1.57. The predicted molar refractivity (Wildman–Crippen MR) is 122 cm³/mol. The number of aromatic nitrogens is 3. The van der Waals surface area contributed by atoms with Crippen LogP contribution in [0, 0.1) is 10.1 Å². The largest absolute Gasteiger partial charge is 0.324 e. The van der Waals surface area contributed by atoms with Crippen LogP contribution >= 0.6 is 35.0 Å². The van der Waals surface area contributed by atoms with E-state index in [1.54, 1.807) is 35.9 Å². The van der Waals surface area contributed by atoms with Crippen molar-refractivity contribution in [1.29, 1.82) is 0 Å². The number of carbonyl (C=O) groups excluding carboxylic acids is 2. The van der Waals surface area contributed by atoms with E-state index in [-0.39, 0.29) is 34.5 Å². The van der Waals surface area contributed by atoms with Crippen LogP contribution in [0.5, 0.6) is 0 Å². The van der Waals surface area contributed by atoms with Crippen LogP contribution in [0.3, 0.4) is 0 Å². The van der Waals surface area contributed by atoms with Gasteiger partial charge in [0.05, 0.1) is 38.5 Å². The number of para-hydroxylation sites is 1. The molecule has 0 aliphatic carbocycles. The predicted octanol–water partition coefficient (Wildman–Crippen LogP) is 3.94. The zero-order valence-corrected chi connectivity index (χ0v) is 18.9. The highest BCUT2D eigenvalue weighted by Crippen LogP contribution is 2.27. The Kier molecular flexibility index (Phi) is 7.67. The summed E-state index contributed by atoms with van der Waals surface area (Å²) in [7, 11) is 1.68. The van der Waals surface area contributed by atoms with Gasteiger partial charge < -0.3 is 15.2 Å². The minimum absolute atomic E-state index is 0.0369. The molecule has 0 aliphatic heterocycles. The van der Waals surface area contributed by atoms with Crippen LogP contribution in [-0.2, 0) is 23.1 Å². The number of carbonyl (C=O) groups is 2. The Bertz CT molecular complexity index is 1190. The summed E-state index contributed by atoms with van der Waals surface area (Å²) in [5.74, 6) is -0.391. The van der Waals surface area contributed by atoms with Crippen LogP contribution in [0.25, 0.3) is 0 Å². The highest BCUT2D eigenvalue weighted by molar-refractivity contribution is 7.99. The van der Waals surface area contributed by atoms with Gasteiger partial charge in [-0.2, -0.15) is 0 Å². The van der Waals surface area contributed by atoms with E-state index < -0.39 is 10.8 Å². The molecule has 0 bridgehead atoms. The van der Waals surface area contributed by atoms with Crippen LogP contribution in [-0.4, -0.2) is 37.3 Å². The molecule has 10 nitrogen and oxygen atoms in total. The Labute approximate surface area is 196 Å². The van der Waals surface area contributed by atoms with Gasteiger partial charge in [0.25, 0.3) is 5.69 Å². The first-order valence-corrected chi connectivity index (χ1v) is 10.8. The Morgan fingerprint density at radius 2 is 1.75 bits per heavy atom. The smallest absolute Gasteiger partial charge is 0.271 e. The molecule has 3 rings (SSSR count). The molecule has 0 aliphatic rings. The summed E-state index contributed by atoms with van der Waals surface area (Å²) in [4.78, 5) is 34.9. The van der Waals surface area contributed by atoms with Gasteiger partial charge in [-0.25, -0.2) is 0 Å². The average Bonchev–Trinajstić information content (AvgIpc) is 3.09. The third kappa shape index (κ3) is 5.96. The lowest BCUT2D eigenvalue weighted by Gasteiger charge is -2.08. The highest BCUT2D eigenvalue weighted by Gasteiger charge is 2.16. The lowest BCUT2D eigenvalue weighted by Crippen LogP contribution is -2.17. The van der Waals surface area contributed by atoms with E-state index in [1.807, 2.05) is 0 Å². The third-order valence-electron chi connectivity index (χ3n) is 4.16. The van der Waals surface area contributed by atoms with Gasteiger partial charge in [0, 0.05) is 19.2 Å². The number of amides is 2. The molecule has 1 heterocycles. The molecule has 32 heavy (non-hydrogen) atoms. The van der Waals surface area contributed by atoms with E-state index in [0.29, 0.717) is 21.7 Å². The van der Waals surface area contributed by atoms with E-state index in [4.69, 9.17) is 23.2 Å². The molecule has 2 N–H and O–H groups in total. The number of anilines is 2. The second-order valence-electron chi connectivity index (χ2n) is 6.42. The lowest BCUT2D eigenvalue weighted by atomic mass is 10.3. The summed E-state index contributed by atoms with van der Waals surface area (Å²) in [6.45, 7) is 0. The van der Waals surface area contributed by atoms with Gasteiger partial charge in [0.2, 0.25) is 11.8 Å². The number of rotatable bonds is 8.